The fourth-order valence-electron chi connectivity index (χ4n) is 1.51. The van der Waals surface area contributed by atoms with Gasteiger partial charge in [0, 0.05) is 10.1 Å². The Morgan fingerprint density at radius 3 is 2.62 bits per heavy atom. The van der Waals surface area contributed by atoms with E-state index in [0.717, 1.165) is 12.3 Å². The molecule has 1 atom stereocenters. The first-order valence-electron chi connectivity index (χ1n) is 5.27. The first kappa shape index (κ1) is 11.7. The first-order chi connectivity index (χ1) is 7.75. The summed E-state index contributed by atoms with van der Waals surface area (Å²) in [5.74, 6) is 0.977. The van der Waals surface area contributed by atoms with E-state index in [1.165, 1.54) is 9.13 Å². The highest BCUT2D eigenvalue weighted by Gasteiger charge is 2.06. The maximum atomic E-state index is 5.34. The molecule has 84 valence electrons. The lowest BCUT2D eigenvalue weighted by molar-refractivity contribution is 0.430. The van der Waals surface area contributed by atoms with Gasteiger partial charge in [-0.05, 0) is 59.3 Å². The van der Waals surface area contributed by atoms with Crippen LogP contribution in [0.3, 0.4) is 0 Å². The normalized spacial score (nSPS) is 12.6. The smallest absolute Gasteiger partial charge is 0.120 e. The molecule has 16 heavy (non-hydrogen) atoms. The monoisotopic (exact) mass is 327 g/mol. The Morgan fingerprint density at radius 2 is 2.00 bits per heavy atom. The molecular formula is C13H14INO. The van der Waals surface area contributed by atoms with E-state index in [-0.39, 0.29) is 6.04 Å². The van der Waals surface area contributed by atoms with E-state index in [1.807, 2.05) is 12.1 Å². The third-order valence-corrected chi connectivity index (χ3v) is 3.21. The molecule has 2 aromatic rings. The Morgan fingerprint density at radius 1 is 1.25 bits per heavy atom. The molecule has 0 aliphatic heterocycles. The number of nitrogens with one attached hydrogen (secondary N) is 1. The lowest BCUT2D eigenvalue weighted by Gasteiger charge is -2.11. The van der Waals surface area contributed by atoms with Crippen molar-refractivity contribution in [2.75, 3.05) is 0 Å². The van der Waals surface area contributed by atoms with Crippen molar-refractivity contribution < 1.29 is 4.42 Å². The molecule has 1 N–H and O–H groups in total. The van der Waals surface area contributed by atoms with Crippen LogP contribution >= 0.6 is 22.6 Å². The van der Waals surface area contributed by atoms with Crippen molar-refractivity contribution in [1.82, 2.24) is 5.32 Å². The van der Waals surface area contributed by atoms with Crippen LogP contribution in [-0.2, 0) is 6.54 Å². The van der Waals surface area contributed by atoms with Gasteiger partial charge in [-0.15, -0.1) is 0 Å². The van der Waals surface area contributed by atoms with Gasteiger partial charge in [0.2, 0.25) is 0 Å². The van der Waals surface area contributed by atoms with Crippen LogP contribution in [0.4, 0.5) is 0 Å². The van der Waals surface area contributed by atoms with Gasteiger partial charge in [-0.3, -0.25) is 0 Å². The van der Waals surface area contributed by atoms with E-state index in [1.54, 1.807) is 6.26 Å². The van der Waals surface area contributed by atoms with Crippen LogP contribution in [0.5, 0.6) is 0 Å². The summed E-state index contributed by atoms with van der Waals surface area (Å²) >= 11 is 2.31. The van der Waals surface area contributed by atoms with Crippen LogP contribution < -0.4 is 5.32 Å². The van der Waals surface area contributed by atoms with Crippen LogP contribution in [-0.4, -0.2) is 0 Å². The van der Waals surface area contributed by atoms with E-state index in [4.69, 9.17) is 4.42 Å². The molecule has 1 unspecified atom stereocenters. The zero-order chi connectivity index (χ0) is 11.4. The second-order valence-corrected chi connectivity index (χ2v) is 4.99. The Labute approximate surface area is 109 Å². The lowest BCUT2D eigenvalue weighted by atomic mass is 10.2. The molecule has 0 aliphatic rings. The summed E-state index contributed by atoms with van der Waals surface area (Å²) in [4.78, 5) is 0. The summed E-state index contributed by atoms with van der Waals surface area (Å²) in [6.07, 6.45) is 1.71. The molecule has 2 nitrogen and oxygen atoms in total. The lowest BCUT2D eigenvalue weighted by Crippen LogP contribution is -2.17. The van der Waals surface area contributed by atoms with Gasteiger partial charge in [0.05, 0.1) is 12.3 Å². The van der Waals surface area contributed by atoms with Crippen molar-refractivity contribution >= 4 is 22.6 Å². The average molecular weight is 327 g/mol. The molecule has 0 saturated carbocycles. The topological polar surface area (TPSA) is 25.2 Å². The molecule has 3 heteroatoms. The van der Waals surface area contributed by atoms with Gasteiger partial charge in [-0.25, -0.2) is 0 Å². The third kappa shape index (κ3) is 3.09. The number of furan rings is 1. The van der Waals surface area contributed by atoms with Crippen molar-refractivity contribution in [3.8, 4) is 0 Å². The van der Waals surface area contributed by atoms with E-state index in [9.17, 15) is 0 Å². The maximum absolute atomic E-state index is 5.34. The first-order valence-corrected chi connectivity index (χ1v) is 6.35. The molecule has 1 aromatic heterocycles. The van der Waals surface area contributed by atoms with Crippen LogP contribution in [0.2, 0.25) is 0 Å². The number of hydrogen-bond donors (Lipinski definition) is 1. The summed E-state index contributed by atoms with van der Waals surface area (Å²) in [5, 5.41) is 3.42. The molecule has 1 aromatic carbocycles. The Bertz CT molecular complexity index is 422. The molecule has 0 amide bonds. The maximum Gasteiger partial charge on any atom is 0.120 e. The van der Waals surface area contributed by atoms with Crippen molar-refractivity contribution in [3.63, 3.8) is 0 Å². The molecule has 2 rings (SSSR count). The van der Waals surface area contributed by atoms with Crippen molar-refractivity contribution in [2.24, 2.45) is 0 Å². The molecule has 1 heterocycles. The number of hydrogen-bond acceptors (Lipinski definition) is 2. The van der Waals surface area contributed by atoms with Gasteiger partial charge < -0.3 is 9.73 Å². The van der Waals surface area contributed by atoms with Gasteiger partial charge in [0.1, 0.15) is 5.76 Å². The molecule has 0 bridgehead atoms. The van der Waals surface area contributed by atoms with Gasteiger partial charge >= 0.3 is 0 Å². The molecule has 0 spiro atoms. The third-order valence-electron chi connectivity index (χ3n) is 2.50. The minimum Gasteiger partial charge on any atom is -0.468 e. The molecule has 0 radical (unpaired) electrons. The SMILES string of the molecule is CC(NCc1ccc(I)cc1)c1ccco1. The van der Waals surface area contributed by atoms with Gasteiger partial charge in [0.25, 0.3) is 0 Å². The van der Waals surface area contributed by atoms with E-state index >= 15 is 0 Å². The van der Waals surface area contributed by atoms with Gasteiger partial charge in [0.15, 0.2) is 0 Å². The van der Waals surface area contributed by atoms with Gasteiger partial charge in [-0.2, -0.15) is 0 Å². The Kier molecular flexibility index (Phi) is 4.01. The molecule has 0 saturated heterocycles. The quantitative estimate of drug-likeness (QED) is 0.866. The summed E-state index contributed by atoms with van der Waals surface area (Å²) < 4.78 is 6.60. The standard InChI is InChI=1S/C13H14INO/c1-10(13-3-2-8-16-13)15-9-11-4-6-12(14)7-5-11/h2-8,10,15H,9H2,1H3. The fraction of sp³-hybridized carbons (Fsp3) is 0.231. The highest BCUT2D eigenvalue weighted by molar-refractivity contribution is 14.1. The summed E-state index contributed by atoms with van der Waals surface area (Å²) in [7, 11) is 0. The van der Waals surface area contributed by atoms with Crippen molar-refractivity contribution in [3.05, 3.63) is 57.6 Å². The van der Waals surface area contributed by atoms with Crippen LogP contribution in [0.1, 0.15) is 24.3 Å². The van der Waals surface area contributed by atoms with Crippen molar-refractivity contribution in [2.45, 2.75) is 19.5 Å². The average Bonchev–Trinajstić information content (AvgIpc) is 2.81. The van der Waals surface area contributed by atoms with Crippen LogP contribution in [0, 0.1) is 3.57 Å². The minimum absolute atomic E-state index is 0.245. The van der Waals surface area contributed by atoms with E-state index < -0.39 is 0 Å². The number of rotatable bonds is 4. The fourth-order valence-corrected chi connectivity index (χ4v) is 1.87. The Hall–Kier alpha value is -0.810. The second kappa shape index (κ2) is 5.50. The zero-order valence-corrected chi connectivity index (χ0v) is 11.3. The zero-order valence-electron chi connectivity index (χ0n) is 9.11. The predicted octanol–water partition coefficient (Wildman–Crippen LogP) is 3.74. The second-order valence-electron chi connectivity index (χ2n) is 3.74. The van der Waals surface area contributed by atoms with Crippen LogP contribution in [0.25, 0.3) is 0 Å². The number of benzene rings is 1. The molecule has 0 aliphatic carbocycles. The van der Waals surface area contributed by atoms with Crippen LogP contribution in [0.15, 0.2) is 47.1 Å². The largest absolute Gasteiger partial charge is 0.468 e. The van der Waals surface area contributed by atoms with Crippen molar-refractivity contribution in [1.29, 1.82) is 0 Å². The Balaban J connectivity index is 1.90. The van der Waals surface area contributed by atoms with E-state index in [0.29, 0.717) is 0 Å². The molecular weight excluding hydrogens is 313 g/mol. The highest BCUT2D eigenvalue weighted by Crippen LogP contribution is 2.13. The predicted molar refractivity (Wildman–Crippen MR) is 73.1 cm³/mol. The highest BCUT2D eigenvalue weighted by atomic mass is 127. The minimum atomic E-state index is 0.245. The summed E-state index contributed by atoms with van der Waals surface area (Å²) in [6, 6.07) is 12.7. The summed E-state index contributed by atoms with van der Waals surface area (Å²) in [6.45, 7) is 2.96. The summed E-state index contributed by atoms with van der Waals surface area (Å²) in [5.41, 5.74) is 1.29. The molecule has 0 fully saturated rings. The number of halogens is 1. The van der Waals surface area contributed by atoms with E-state index in [2.05, 4.69) is 59.1 Å². The van der Waals surface area contributed by atoms with Gasteiger partial charge in [-0.1, -0.05) is 12.1 Å².